The summed E-state index contributed by atoms with van der Waals surface area (Å²) in [5.41, 5.74) is 0.236. The van der Waals surface area contributed by atoms with Crippen molar-refractivity contribution in [3.8, 4) is 0 Å². The molecule has 2 aromatic carbocycles. The van der Waals surface area contributed by atoms with Crippen LogP contribution in [-0.2, 0) is 6.18 Å². The number of benzene rings is 2. The van der Waals surface area contributed by atoms with Crippen LogP contribution in [0.3, 0.4) is 0 Å². The predicted octanol–water partition coefficient (Wildman–Crippen LogP) is 5.69. The van der Waals surface area contributed by atoms with Crippen LogP contribution in [0.15, 0.2) is 53.0 Å². The molecule has 1 aliphatic heterocycles. The summed E-state index contributed by atoms with van der Waals surface area (Å²) >= 11 is 3.36. The van der Waals surface area contributed by atoms with Crippen LogP contribution in [0.2, 0.25) is 0 Å². The molecule has 3 rings (SSSR count). The first-order valence-corrected chi connectivity index (χ1v) is 8.64. The van der Waals surface area contributed by atoms with E-state index in [0.29, 0.717) is 13.0 Å². The van der Waals surface area contributed by atoms with Gasteiger partial charge in [0.15, 0.2) is 0 Å². The van der Waals surface area contributed by atoms with Crippen molar-refractivity contribution >= 4 is 33.3 Å². The molecule has 0 spiro atoms. The third kappa shape index (κ3) is 3.51. The zero-order valence-electron chi connectivity index (χ0n) is 13.4. The highest BCUT2D eigenvalue weighted by atomic mass is 79.9. The van der Waals surface area contributed by atoms with Gasteiger partial charge in [-0.15, -0.1) is 0 Å². The summed E-state index contributed by atoms with van der Waals surface area (Å²) in [5.74, 6) is 0. The van der Waals surface area contributed by atoms with Gasteiger partial charge in [0.2, 0.25) is 0 Å². The first kappa shape index (κ1) is 17.8. The van der Waals surface area contributed by atoms with Crippen molar-refractivity contribution in [3.63, 3.8) is 0 Å². The molecule has 1 heterocycles. The quantitative estimate of drug-likeness (QED) is 0.634. The average Bonchev–Trinajstić information content (AvgIpc) is 2.92. The van der Waals surface area contributed by atoms with E-state index in [-0.39, 0.29) is 17.8 Å². The first-order chi connectivity index (χ1) is 11.8. The van der Waals surface area contributed by atoms with Crippen molar-refractivity contribution < 1.29 is 18.0 Å². The smallest absolute Gasteiger partial charge is 0.292 e. The zero-order chi connectivity index (χ0) is 18.2. The molecule has 7 heteroatoms. The minimum atomic E-state index is -4.44. The summed E-state index contributed by atoms with van der Waals surface area (Å²) in [4.78, 5) is 15.9. The number of amides is 2. The Morgan fingerprint density at radius 1 is 1.12 bits per heavy atom. The molecular formula is C18H16BrF3N2O. The molecule has 1 fully saturated rings. The number of halogens is 4. The molecule has 132 valence electrons. The predicted molar refractivity (Wildman–Crippen MR) is 94.9 cm³/mol. The minimum Gasteiger partial charge on any atom is -0.292 e. The highest BCUT2D eigenvalue weighted by molar-refractivity contribution is 9.10. The molecule has 1 unspecified atom stereocenters. The fourth-order valence-corrected chi connectivity index (χ4v) is 3.22. The Hall–Kier alpha value is -2.02. The van der Waals surface area contributed by atoms with Gasteiger partial charge in [0.05, 0.1) is 11.6 Å². The Bertz CT molecular complexity index is 777. The van der Waals surface area contributed by atoms with E-state index in [1.165, 1.54) is 17.0 Å². The standard InChI is InChI=1S/C18H16BrF3N2O/c1-2-14-11-23(16-5-3-4-12(10-16)18(20,21)22)17(25)24(14)15-8-6-13(19)7-9-15/h3-10,14H,2,11H2,1H3. The minimum absolute atomic E-state index is 0.0942. The van der Waals surface area contributed by atoms with E-state index in [4.69, 9.17) is 0 Å². The third-order valence-electron chi connectivity index (χ3n) is 4.26. The number of carbonyl (C=O) groups excluding carboxylic acids is 1. The van der Waals surface area contributed by atoms with Gasteiger partial charge in [0, 0.05) is 22.4 Å². The van der Waals surface area contributed by atoms with Gasteiger partial charge in [0.25, 0.3) is 0 Å². The second kappa shape index (κ2) is 6.71. The Morgan fingerprint density at radius 2 is 1.80 bits per heavy atom. The monoisotopic (exact) mass is 412 g/mol. The molecule has 1 aliphatic rings. The summed E-state index contributed by atoms with van der Waals surface area (Å²) in [6.07, 6.45) is -3.73. The summed E-state index contributed by atoms with van der Waals surface area (Å²) in [7, 11) is 0. The van der Waals surface area contributed by atoms with E-state index in [9.17, 15) is 18.0 Å². The van der Waals surface area contributed by atoms with Crippen LogP contribution in [0.4, 0.5) is 29.3 Å². The van der Waals surface area contributed by atoms with Crippen LogP contribution >= 0.6 is 15.9 Å². The lowest BCUT2D eigenvalue weighted by Crippen LogP contribution is -2.34. The molecule has 1 saturated heterocycles. The van der Waals surface area contributed by atoms with E-state index in [2.05, 4.69) is 15.9 Å². The van der Waals surface area contributed by atoms with Crippen LogP contribution in [-0.4, -0.2) is 18.6 Å². The van der Waals surface area contributed by atoms with E-state index in [0.717, 1.165) is 22.3 Å². The maximum absolute atomic E-state index is 13.0. The van der Waals surface area contributed by atoms with Crippen LogP contribution < -0.4 is 9.80 Å². The van der Waals surface area contributed by atoms with E-state index in [1.54, 1.807) is 4.90 Å². The second-order valence-corrected chi connectivity index (χ2v) is 6.77. The zero-order valence-corrected chi connectivity index (χ0v) is 15.0. The van der Waals surface area contributed by atoms with Crippen LogP contribution in [0.5, 0.6) is 0 Å². The van der Waals surface area contributed by atoms with E-state index < -0.39 is 11.7 Å². The van der Waals surface area contributed by atoms with Gasteiger partial charge in [-0.3, -0.25) is 9.80 Å². The van der Waals surface area contributed by atoms with Gasteiger partial charge in [-0.1, -0.05) is 28.9 Å². The molecule has 0 aromatic heterocycles. The number of nitrogens with zero attached hydrogens (tertiary/aromatic N) is 2. The van der Waals surface area contributed by atoms with E-state index >= 15 is 0 Å². The lowest BCUT2D eigenvalue weighted by atomic mass is 10.1. The number of alkyl halides is 3. The molecule has 1 atom stereocenters. The number of carbonyl (C=O) groups is 1. The fourth-order valence-electron chi connectivity index (χ4n) is 2.96. The molecule has 0 aliphatic carbocycles. The Morgan fingerprint density at radius 3 is 2.40 bits per heavy atom. The molecule has 0 saturated carbocycles. The van der Waals surface area contributed by atoms with Crippen molar-refractivity contribution in [3.05, 3.63) is 58.6 Å². The largest absolute Gasteiger partial charge is 0.416 e. The number of hydrogen-bond donors (Lipinski definition) is 0. The molecule has 0 bridgehead atoms. The molecule has 3 nitrogen and oxygen atoms in total. The summed E-state index contributed by atoms with van der Waals surface area (Å²) in [5, 5.41) is 0. The fraction of sp³-hybridized carbons (Fsp3) is 0.278. The Labute approximate surface area is 152 Å². The van der Waals surface area contributed by atoms with Gasteiger partial charge < -0.3 is 0 Å². The summed E-state index contributed by atoms with van der Waals surface area (Å²) < 4.78 is 39.8. The van der Waals surface area contributed by atoms with Gasteiger partial charge in [-0.2, -0.15) is 13.2 Å². The highest BCUT2D eigenvalue weighted by Gasteiger charge is 2.39. The average molecular weight is 413 g/mol. The second-order valence-electron chi connectivity index (χ2n) is 5.85. The topological polar surface area (TPSA) is 23.6 Å². The molecule has 0 N–H and O–H groups in total. The van der Waals surface area contributed by atoms with Crippen molar-refractivity contribution in [2.45, 2.75) is 25.6 Å². The van der Waals surface area contributed by atoms with Crippen LogP contribution in [0, 0.1) is 0 Å². The van der Waals surface area contributed by atoms with Crippen molar-refractivity contribution in [1.29, 1.82) is 0 Å². The highest BCUT2D eigenvalue weighted by Crippen LogP contribution is 2.35. The maximum Gasteiger partial charge on any atom is 0.416 e. The molecular weight excluding hydrogens is 397 g/mol. The van der Waals surface area contributed by atoms with Gasteiger partial charge in [-0.05, 0) is 48.9 Å². The molecule has 2 aromatic rings. The molecule has 0 radical (unpaired) electrons. The normalized spacial score (nSPS) is 18.1. The van der Waals surface area contributed by atoms with Gasteiger partial charge in [0.1, 0.15) is 0 Å². The molecule has 25 heavy (non-hydrogen) atoms. The summed E-state index contributed by atoms with van der Waals surface area (Å²) in [6, 6.07) is 11.8. The summed E-state index contributed by atoms with van der Waals surface area (Å²) in [6.45, 7) is 2.31. The Kier molecular flexibility index (Phi) is 4.77. The van der Waals surface area contributed by atoms with Crippen molar-refractivity contribution in [2.75, 3.05) is 16.3 Å². The third-order valence-corrected chi connectivity index (χ3v) is 4.79. The number of rotatable bonds is 3. The van der Waals surface area contributed by atoms with Gasteiger partial charge in [-0.25, -0.2) is 4.79 Å². The number of hydrogen-bond acceptors (Lipinski definition) is 1. The Balaban J connectivity index is 1.94. The molecule has 2 amide bonds. The van der Waals surface area contributed by atoms with Crippen molar-refractivity contribution in [1.82, 2.24) is 0 Å². The lowest BCUT2D eigenvalue weighted by molar-refractivity contribution is -0.137. The number of anilines is 2. The van der Waals surface area contributed by atoms with Crippen molar-refractivity contribution in [2.24, 2.45) is 0 Å². The van der Waals surface area contributed by atoms with Crippen LogP contribution in [0.1, 0.15) is 18.9 Å². The number of urea groups is 1. The SMILES string of the molecule is CCC1CN(c2cccc(C(F)(F)F)c2)C(=O)N1c1ccc(Br)cc1. The first-order valence-electron chi connectivity index (χ1n) is 7.85. The van der Waals surface area contributed by atoms with Gasteiger partial charge >= 0.3 is 12.2 Å². The van der Waals surface area contributed by atoms with Crippen LogP contribution in [0.25, 0.3) is 0 Å². The maximum atomic E-state index is 13.0. The van der Waals surface area contributed by atoms with E-state index in [1.807, 2.05) is 31.2 Å². The lowest BCUT2D eigenvalue weighted by Gasteiger charge is -2.22.